The van der Waals surface area contributed by atoms with Gasteiger partial charge in [-0.3, -0.25) is 0 Å². The third-order valence-electron chi connectivity index (χ3n) is 2.61. The Kier molecular flexibility index (Phi) is 5.67. The molecule has 0 aliphatic heterocycles. The van der Waals surface area contributed by atoms with Crippen molar-refractivity contribution < 1.29 is 8.42 Å². The van der Waals surface area contributed by atoms with E-state index in [1.54, 1.807) is 31.2 Å². The smallest absolute Gasteiger partial charge is 0.242 e. The molecule has 1 rings (SSSR count). The summed E-state index contributed by atoms with van der Waals surface area (Å²) in [5, 5.41) is 6.28. The molecular formula is C13H19N3O2S2. The van der Waals surface area contributed by atoms with Gasteiger partial charge in [0.05, 0.1) is 4.90 Å². The lowest BCUT2D eigenvalue weighted by Gasteiger charge is -2.15. The van der Waals surface area contributed by atoms with Crippen LogP contribution in [0.25, 0.3) is 0 Å². The van der Waals surface area contributed by atoms with Gasteiger partial charge in [-0.25, -0.2) is 12.7 Å². The predicted molar refractivity (Wildman–Crippen MR) is 86.5 cm³/mol. The summed E-state index contributed by atoms with van der Waals surface area (Å²) < 4.78 is 25.6. The highest BCUT2D eigenvalue weighted by Gasteiger charge is 2.20. The second kappa shape index (κ2) is 6.83. The molecule has 0 unspecified atom stereocenters. The second-order valence-corrected chi connectivity index (χ2v) is 6.92. The van der Waals surface area contributed by atoms with Gasteiger partial charge in [0.15, 0.2) is 5.11 Å². The van der Waals surface area contributed by atoms with Crippen molar-refractivity contribution in [3.8, 4) is 0 Å². The molecule has 2 N–H and O–H groups in total. The fourth-order valence-electron chi connectivity index (χ4n) is 1.49. The Hall–Kier alpha value is -1.44. The van der Waals surface area contributed by atoms with Gasteiger partial charge >= 0.3 is 0 Å². The van der Waals surface area contributed by atoms with Gasteiger partial charge in [0.1, 0.15) is 0 Å². The summed E-state index contributed by atoms with van der Waals surface area (Å²) >= 11 is 5.09. The third kappa shape index (κ3) is 4.03. The highest BCUT2D eigenvalue weighted by atomic mass is 32.2. The summed E-state index contributed by atoms with van der Waals surface area (Å²) in [7, 11) is -0.459. The van der Waals surface area contributed by atoms with Gasteiger partial charge in [0.25, 0.3) is 0 Å². The van der Waals surface area contributed by atoms with E-state index in [-0.39, 0.29) is 4.90 Å². The Morgan fingerprint density at radius 2 is 2.10 bits per heavy atom. The lowest BCUT2D eigenvalue weighted by atomic mass is 10.2. The molecule has 0 aromatic heterocycles. The van der Waals surface area contributed by atoms with Crippen molar-refractivity contribution in [2.75, 3.05) is 26.0 Å². The molecule has 0 spiro atoms. The fraction of sp³-hybridized carbons (Fsp3) is 0.308. The zero-order valence-corrected chi connectivity index (χ0v) is 13.4. The Balaban J connectivity index is 3.04. The number of nitrogens with zero attached hydrogens (tertiary/aromatic N) is 1. The number of anilines is 1. The van der Waals surface area contributed by atoms with Crippen LogP contribution in [0.4, 0.5) is 5.69 Å². The first kappa shape index (κ1) is 16.6. The van der Waals surface area contributed by atoms with Crippen LogP contribution in [0, 0.1) is 6.92 Å². The maximum Gasteiger partial charge on any atom is 0.242 e. The lowest BCUT2D eigenvalue weighted by Crippen LogP contribution is -2.28. The van der Waals surface area contributed by atoms with E-state index in [0.29, 0.717) is 22.9 Å². The fourth-order valence-corrected chi connectivity index (χ4v) is 2.84. The average molecular weight is 313 g/mol. The van der Waals surface area contributed by atoms with Crippen LogP contribution in [-0.2, 0) is 10.0 Å². The van der Waals surface area contributed by atoms with Crippen molar-refractivity contribution in [1.82, 2.24) is 9.62 Å². The number of aryl methyl sites for hydroxylation is 1. The molecule has 0 saturated carbocycles. The minimum Gasteiger partial charge on any atom is -0.359 e. The van der Waals surface area contributed by atoms with Crippen molar-refractivity contribution in [2.45, 2.75) is 11.8 Å². The standard InChI is InChI=1S/C13H19N3O2S2/c1-5-8-14-13(19)15-11-7-6-10(2)12(9-11)20(17,18)16(3)4/h5-7,9H,1,8H2,2-4H3,(H2,14,15,19). The highest BCUT2D eigenvalue weighted by molar-refractivity contribution is 7.89. The lowest BCUT2D eigenvalue weighted by molar-refractivity contribution is 0.520. The molecule has 0 amide bonds. The summed E-state index contributed by atoms with van der Waals surface area (Å²) in [4.78, 5) is 0.263. The number of hydrogen-bond donors (Lipinski definition) is 2. The van der Waals surface area contributed by atoms with Gasteiger partial charge < -0.3 is 10.6 Å². The first-order chi connectivity index (χ1) is 9.28. The average Bonchev–Trinajstić information content (AvgIpc) is 2.38. The zero-order valence-electron chi connectivity index (χ0n) is 11.8. The number of sulfonamides is 1. The Labute approximate surface area is 125 Å². The monoisotopic (exact) mass is 313 g/mol. The Morgan fingerprint density at radius 3 is 2.65 bits per heavy atom. The number of nitrogens with one attached hydrogen (secondary N) is 2. The molecular weight excluding hydrogens is 294 g/mol. The second-order valence-electron chi connectivity index (χ2n) is 4.39. The number of thiocarbonyl (C=S) groups is 1. The van der Waals surface area contributed by atoms with E-state index in [4.69, 9.17) is 12.2 Å². The SMILES string of the molecule is C=CCNC(=S)Nc1ccc(C)c(S(=O)(=O)N(C)C)c1. The molecule has 0 heterocycles. The van der Waals surface area contributed by atoms with Crippen LogP contribution in [0.15, 0.2) is 35.7 Å². The molecule has 7 heteroatoms. The Morgan fingerprint density at radius 1 is 1.45 bits per heavy atom. The summed E-state index contributed by atoms with van der Waals surface area (Å²) in [6.45, 7) is 5.88. The number of hydrogen-bond acceptors (Lipinski definition) is 3. The van der Waals surface area contributed by atoms with Crippen LogP contribution in [0.5, 0.6) is 0 Å². The molecule has 5 nitrogen and oxygen atoms in total. The summed E-state index contributed by atoms with van der Waals surface area (Å²) in [6.07, 6.45) is 1.69. The van der Waals surface area contributed by atoms with Crippen LogP contribution >= 0.6 is 12.2 Å². The van der Waals surface area contributed by atoms with Crippen LogP contribution in [0.1, 0.15) is 5.56 Å². The molecule has 1 aromatic rings. The first-order valence-corrected chi connectivity index (χ1v) is 7.82. The summed E-state index contributed by atoms with van der Waals surface area (Å²) in [5.74, 6) is 0. The summed E-state index contributed by atoms with van der Waals surface area (Å²) in [5.41, 5.74) is 1.31. The van der Waals surface area contributed by atoms with Crippen molar-refractivity contribution >= 4 is 33.0 Å². The molecule has 0 radical (unpaired) electrons. The maximum atomic E-state index is 12.2. The molecule has 0 fully saturated rings. The van der Waals surface area contributed by atoms with Gasteiger partial charge in [0, 0.05) is 26.3 Å². The third-order valence-corrected chi connectivity index (χ3v) is 4.82. The van der Waals surface area contributed by atoms with Gasteiger partial charge in [0.2, 0.25) is 10.0 Å². The maximum absolute atomic E-state index is 12.2. The molecule has 0 aliphatic carbocycles. The van der Waals surface area contributed by atoms with E-state index >= 15 is 0 Å². The van der Waals surface area contributed by atoms with Gasteiger partial charge in [-0.1, -0.05) is 12.1 Å². The molecule has 0 atom stereocenters. The largest absolute Gasteiger partial charge is 0.359 e. The number of benzene rings is 1. The molecule has 0 aliphatic rings. The Bertz CT molecular complexity index is 610. The van der Waals surface area contributed by atoms with E-state index in [9.17, 15) is 8.42 Å². The van der Waals surface area contributed by atoms with Gasteiger partial charge in [-0.05, 0) is 36.8 Å². The van der Waals surface area contributed by atoms with Crippen molar-refractivity contribution in [1.29, 1.82) is 0 Å². The number of rotatable bonds is 5. The van der Waals surface area contributed by atoms with Crippen LogP contribution < -0.4 is 10.6 Å². The molecule has 20 heavy (non-hydrogen) atoms. The van der Waals surface area contributed by atoms with E-state index in [0.717, 1.165) is 0 Å². The topological polar surface area (TPSA) is 61.4 Å². The van der Waals surface area contributed by atoms with E-state index in [1.807, 2.05) is 0 Å². The summed E-state index contributed by atoms with van der Waals surface area (Å²) in [6, 6.07) is 5.10. The minimum atomic E-state index is -3.47. The van der Waals surface area contributed by atoms with Crippen LogP contribution in [0.2, 0.25) is 0 Å². The van der Waals surface area contributed by atoms with Gasteiger partial charge in [-0.2, -0.15) is 0 Å². The predicted octanol–water partition coefficient (Wildman–Crippen LogP) is 1.72. The van der Waals surface area contributed by atoms with Crippen LogP contribution in [-0.4, -0.2) is 38.5 Å². The molecule has 0 saturated heterocycles. The highest BCUT2D eigenvalue weighted by Crippen LogP contribution is 2.22. The van der Waals surface area contributed by atoms with Crippen molar-refractivity contribution in [3.05, 3.63) is 36.4 Å². The molecule has 1 aromatic carbocycles. The first-order valence-electron chi connectivity index (χ1n) is 5.98. The van der Waals surface area contributed by atoms with Crippen LogP contribution in [0.3, 0.4) is 0 Å². The minimum absolute atomic E-state index is 0.263. The van der Waals surface area contributed by atoms with E-state index in [1.165, 1.54) is 18.4 Å². The van der Waals surface area contributed by atoms with E-state index < -0.39 is 10.0 Å². The molecule has 0 bridgehead atoms. The molecule has 110 valence electrons. The quantitative estimate of drug-likeness (QED) is 0.640. The van der Waals surface area contributed by atoms with Gasteiger partial charge in [-0.15, -0.1) is 6.58 Å². The van der Waals surface area contributed by atoms with Crippen molar-refractivity contribution in [3.63, 3.8) is 0 Å². The van der Waals surface area contributed by atoms with Crippen molar-refractivity contribution in [2.24, 2.45) is 0 Å². The zero-order chi connectivity index (χ0) is 15.3. The van der Waals surface area contributed by atoms with E-state index in [2.05, 4.69) is 17.2 Å². The normalized spacial score (nSPS) is 11.2.